The van der Waals surface area contributed by atoms with E-state index >= 15 is 0 Å². The minimum Gasteiger partial charge on any atom is -0.458 e. The van der Waals surface area contributed by atoms with E-state index < -0.39 is 26.9 Å². The van der Waals surface area contributed by atoms with E-state index in [0.29, 0.717) is 52.0 Å². The SMILES string of the molecule is CC(=O)Nc1[nH]c(/C=C2\N=C(NC(=O)c3cccc(S(=O)(=O)O)c3)C(C(=O)OC3C(C)CC(C)CC3C)=C2C)c(C)c1COOC1C(C)CC(C)CC1C. The molecule has 1 aliphatic heterocycles. The molecule has 2 aliphatic carbocycles. The summed E-state index contributed by atoms with van der Waals surface area (Å²) in [5, 5.41) is 5.51. The number of hydrogen-bond acceptors (Lipinski definition) is 9. The van der Waals surface area contributed by atoms with Gasteiger partial charge in [0.05, 0.1) is 16.7 Å². The minimum atomic E-state index is -4.57. The number of H-pyrrole nitrogens is 1. The Morgan fingerprint density at radius 2 is 1.52 bits per heavy atom. The van der Waals surface area contributed by atoms with Gasteiger partial charge in [0, 0.05) is 23.7 Å². The molecule has 2 saturated carbocycles. The molecule has 1 aromatic heterocycles. The van der Waals surface area contributed by atoms with Crippen molar-refractivity contribution >= 4 is 45.6 Å². The van der Waals surface area contributed by atoms with Crippen LogP contribution >= 0.6 is 0 Å². The molecule has 4 unspecified atom stereocenters. The summed E-state index contributed by atoms with van der Waals surface area (Å²) >= 11 is 0. The zero-order chi connectivity index (χ0) is 39.6. The summed E-state index contributed by atoms with van der Waals surface area (Å²) in [6.45, 7) is 17.9. The van der Waals surface area contributed by atoms with E-state index in [9.17, 15) is 27.4 Å². The highest BCUT2D eigenvalue weighted by Crippen LogP contribution is 2.38. The van der Waals surface area contributed by atoms with E-state index in [4.69, 9.17) is 14.5 Å². The number of anilines is 1. The Balaban J connectivity index is 1.48. The first-order valence-corrected chi connectivity index (χ1v) is 20.2. The fourth-order valence-electron chi connectivity index (χ4n) is 8.59. The molecular weight excluding hydrogens is 713 g/mol. The maximum atomic E-state index is 14.0. The second kappa shape index (κ2) is 16.7. The van der Waals surface area contributed by atoms with Gasteiger partial charge in [-0.1, -0.05) is 47.6 Å². The van der Waals surface area contributed by atoms with Crippen molar-refractivity contribution in [1.82, 2.24) is 10.3 Å². The van der Waals surface area contributed by atoms with Gasteiger partial charge in [-0.05, 0) is 110 Å². The lowest BCUT2D eigenvalue weighted by atomic mass is 9.75. The summed E-state index contributed by atoms with van der Waals surface area (Å²) in [4.78, 5) is 59.0. The van der Waals surface area contributed by atoms with Crippen molar-refractivity contribution in [2.24, 2.45) is 40.5 Å². The molecule has 5 rings (SSSR count). The molecule has 2 aromatic rings. The van der Waals surface area contributed by atoms with Crippen LogP contribution in [0.15, 0.2) is 51.0 Å². The number of aromatic amines is 1. The van der Waals surface area contributed by atoms with Gasteiger partial charge in [0.25, 0.3) is 16.0 Å². The van der Waals surface area contributed by atoms with E-state index in [1.54, 1.807) is 13.0 Å². The highest BCUT2D eigenvalue weighted by Gasteiger charge is 2.38. The predicted octanol–water partition coefficient (Wildman–Crippen LogP) is 7.16. The normalized spacial score (nSPS) is 28.2. The first kappa shape index (κ1) is 41.1. The molecule has 4 N–H and O–H groups in total. The van der Waals surface area contributed by atoms with Crippen LogP contribution < -0.4 is 10.6 Å². The third-order valence-corrected chi connectivity index (χ3v) is 11.9. The summed E-state index contributed by atoms with van der Waals surface area (Å²) in [5.74, 6) is 0.707. The smallest absolute Gasteiger partial charge is 0.342 e. The van der Waals surface area contributed by atoms with E-state index in [2.05, 4.69) is 62.2 Å². The zero-order valence-corrected chi connectivity index (χ0v) is 33.4. The predicted molar refractivity (Wildman–Crippen MR) is 205 cm³/mol. The van der Waals surface area contributed by atoms with Crippen LogP contribution in [0.4, 0.5) is 5.82 Å². The molecule has 2 fully saturated rings. The van der Waals surface area contributed by atoms with Gasteiger partial charge in [0.2, 0.25) is 5.91 Å². The van der Waals surface area contributed by atoms with Gasteiger partial charge in [-0.3, -0.25) is 14.1 Å². The number of amides is 2. The molecule has 0 spiro atoms. The lowest BCUT2D eigenvalue weighted by Crippen LogP contribution is -2.40. The van der Waals surface area contributed by atoms with Crippen LogP contribution in [-0.4, -0.2) is 53.8 Å². The number of allylic oxidation sites excluding steroid dienone is 1. The van der Waals surface area contributed by atoms with E-state index in [0.717, 1.165) is 43.4 Å². The van der Waals surface area contributed by atoms with Gasteiger partial charge >= 0.3 is 5.97 Å². The lowest BCUT2D eigenvalue weighted by molar-refractivity contribution is -0.354. The van der Waals surface area contributed by atoms with Crippen LogP contribution in [0.2, 0.25) is 0 Å². The molecular formula is C40H54N4O9S. The molecule has 14 heteroatoms. The Kier molecular flexibility index (Phi) is 12.7. The van der Waals surface area contributed by atoms with Crippen molar-refractivity contribution in [1.29, 1.82) is 0 Å². The summed E-state index contributed by atoms with van der Waals surface area (Å²) in [6, 6.07) is 4.91. The van der Waals surface area contributed by atoms with Crippen LogP contribution in [0.25, 0.3) is 6.08 Å². The standard InChI is InChI=1S/C40H54N4O9S/c1-20-13-22(3)35(23(4)14-20)52-40(47)34-27(8)33(43-38(34)44-39(46)29-11-10-12-30(17-29)54(48,49)50)18-32-26(7)31(37(42-32)41-28(9)45)19-51-53-36-24(5)15-21(2)16-25(36)6/h10-12,17-18,20-25,35-36,42H,13-16,19H2,1-9H3,(H,41,45)(H,43,44,46)(H,48,49,50)/b33-18-. The van der Waals surface area contributed by atoms with Crippen LogP contribution in [-0.2, 0) is 40.8 Å². The fourth-order valence-corrected chi connectivity index (χ4v) is 9.11. The molecule has 13 nitrogen and oxygen atoms in total. The summed E-state index contributed by atoms with van der Waals surface area (Å²) in [7, 11) is -4.57. The molecule has 294 valence electrons. The quantitative estimate of drug-likeness (QED) is 0.0843. The number of carbonyl (C=O) groups is 3. The third kappa shape index (κ3) is 9.39. The number of carbonyl (C=O) groups excluding carboxylic acids is 3. The molecule has 0 radical (unpaired) electrons. The second-order valence-electron chi connectivity index (χ2n) is 15.9. The van der Waals surface area contributed by atoms with Crippen molar-refractivity contribution in [2.75, 3.05) is 5.32 Å². The number of rotatable bonds is 10. The maximum Gasteiger partial charge on any atom is 0.342 e. The topological polar surface area (TPSA) is 185 Å². The van der Waals surface area contributed by atoms with Crippen molar-refractivity contribution in [3.8, 4) is 0 Å². The van der Waals surface area contributed by atoms with E-state index in [-0.39, 0.29) is 53.5 Å². The van der Waals surface area contributed by atoms with Crippen LogP contribution in [0.3, 0.4) is 0 Å². The Hall–Kier alpha value is -4.11. The molecule has 2 amide bonds. The number of hydrogen-bond donors (Lipinski definition) is 4. The Labute approximate surface area is 318 Å². The van der Waals surface area contributed by atoms with Gasteiger partial charge < -0.3 is 20.4 Å². The van der Waals surface area contributed by atoms with Crippen molar-refractivity contribution in [3.05, 3.63) is 63.5 Å². The molecule has 1 aromatic carbocycles. The molecule has 0 bridgehead atoms. The van der Waals surface area contributed by atoms with E-state index in [1.165, 1.54) is 19.1 Å². The summed E-state index contributed by atoms with van der Waals surface area (Å²) in [5.41, 5.74) is 2.78. The number of benzene rings is 1. The van der Waals surface area contributed by atoms with Gasteiger partial charge in [0.1, 0.15) is 29.9 Å². The largest absolute Gasteiger partial charge is 0.458 e. The molecule has 4 atom stereocenters. The number of esters is 1. The Morgan fingerprint density at radius 3 is 2.09 bits per heavy atom. The average molecular weight is 767 g/mol. The van der Waals surface area contributed by atoms with Gasteiger partial charge in [0.15, 0.2) is 0 Å². The fraction of sp³-hybridized carbons (Fsp3) is 0.550. The zero-order valence-electron chi connectivity index (χ0n) is 32.6. The van der Waals surface area contributed by atoms with Gasteiger partial charge in [-0.15, -0.1) is 0 Å². The number of nitrogens with one attached hydrogen (secondary N) is 3. The maximum absolute atomic E-state index is 14.0. The second-order valence-corrected chi connectivity index (χ2v) is 17.3. The highest BCUT2D eigenvalue weighted by molar-refractivity contribution is 7.85. The number of ether oxygens (including phenoxy) is 1. The Morgan fingerprint density at radius 1 is 0.926 bits per heavy atom. The average Bonchev–Trinajstić information content (AvgIpc) is 3.52. The molecule has 3 aliphatic rings. The lowest BCUT2D eigenvalue weighted by Gasteiger charge is -2.37. The first-order valence-electron chi connectivity index (χ1n) is 18.7. The van der Waals surface area contributed by atoms with Crippen LogP contribution in [0.1, 0.15) is 108 Å². The van der Waals surface area contributed by atoms with Crippen molar-refractivity contribution < 1.29 is 41.9 Å². The first-order chi connectivity index (χ1) is 25.3. The number of nitrogens with zero attached hydrogens (tertiary/aromatic N) is 1. The van der Waals surface area contributed by atoms with Crippen molar-refractivity contribution in [3.63, 3.8) is 0 Å². The third-order valence-electron chi connectivity index (χ3n) is 11.0. The van der Waals surface area contributed by atoms with Gasteiger partial charge in [-0.2, -0.15) is 8.42 Å². The number of aromatic nitrogens is 1. The minimum absolute atomic E-state index is 0.0581. The summed E-state index contributed by atoms with van der Waals surface area (Å²) in [6.07, 6.45) is 5.23. The highest BCUT2D eigenvalue weighted by atomic mass is 32.2. The molecule has 54 heavy (non-hydrogen) atoms. The van der Waals surface area contributed by atoms with Crippen LogP contribution in [0.5, 0.6) is 0 Å². The summed E-state index contributed by atoms with van der Waals surface area (Å²) < 4.78 is 39.3. The van der Waals surface area contributed by atoms with E-state index in [1.807, 2.05) is 6.92 Å². The number of aliphatic imine (C=N–C) groups is 1. The molecule has 0 saturated heterocycles. The van der Waals surface area contributed by atoms with Gasteiger partial charge in [-0.25, -0.2) is 19.6 Å². The van der Waals surface area contributed by atoms with Crippen molar-refractivity contribution in [2.45, 2.75) is 112 Å². The Bertz CT molecular complexity index is 1960. The number of amidine groups is 1. The monoisotopic (exact) mass is 766 g/mol. The molecule has 2 heterocycles. The van der Waals surface area contributed by atoms with Crippen LogP contribution in [0, 0.1) is 42.4 Å².